The van der Waals surface area contributed by atoms with Crippen molar-refractivity contribution in [2.24, 2.45) is 0 Å². The van der Waals surface area contributed by atoms with Crippen LogP contribution in [0.15, 0.2) is 73.3 Å². The van der Waals surface area contributed by atoms with Crippen molar-refractivity contribution < 1.29 is 9.63 Å². The summed E-state index contributed by atoms with van der Waals surface area (Å²) in [6, 6.07) is 17.1. The van der Waals surface area contributed by atoms with Crippen molar-refractivity contribution in [3.8, 4) is 0 Å². The molecular weight excluding hydrogens is 316 g/mol. The first kappa shape index (κ1) is 16.7. The van der Waals surface area contributed by atoms with Crippen molar-refractivity contribution in [2.75, 3.05) is 11.6 Å². The van der Waals surface area contributed by atoms with Gasteiger partial charge in [0.2, 0.25) is 0 Å². The molecular formula is C19H20N4O2. The number of para-hydroxylation sites is 1. The molecule has 0 aliphatic heterocycles. The van der Waals surface area contributed by atoms with Gasteiger partial charge in [-0.3, -0.25) is 14.6 Å². The van der Waals surface area contributed by atoms with Crippen LogP contribution in [0.5, 0.6) is 0 Å². The number of benzene rings is 2. The van der Waals surface area contributed by atoms with Crippen LogP contribution in [-0.4, -0.2) is 22.1 Å². The van der Waals surface area contributed by atoms with Gasteiger partial charge in [-0.15, -0.1) is 0 Å². The standard InChI is InChI=1S/C19H20N4O2/c1-2-23(22-13-12-20-15-22)18-11-7-6-10-17(18)19(24)21-25-14-16-8-4-3-5-9-16/h3-13,15H,2,14H2,1H3,(H,21,24). The maximum absolute atomic E-state index is 12.6. The molecule has 25 heavy (non-hydrogen) atoms. The van der Waals surface area contributed by atoms with Crippen LogP contribution in [0.4, 0.5) is 5.69 Å². The van der Waals surface area contributed by atoms with Gasteiger partial charge in [0.05, 0.1) is 17.9 Å². The van der Waals surface area contributed by atoms with E-state index in [1.165, 1.54) is 0 Å². The third-order valence-corrected chi connectivity index (χ3v) is 3.74. The highest BCUT2D eigenvalue weighted by Gasteiger charge is 2.16. The lowest BCUT2D eigenvalue weighted by Gasteiger charge is -2.25. The van der Waals surface area contributed by atoms with Gasteiger partial charge in [-0.05, 0) is 24.6 Å². The van der Waals surface area contributed by atoms with Crippen LogP contribution in [0.25, 0.3) is 0 Å². The Morgan fingerprint density at radius 1 is 1.16 bits per heavy atom. The number of nitrogens with one attached hydrogen (secondary N) is 1. The molecule has 2 aromatic carbocycles. The molecule has 1 aromatic heterocycles. The first-order valence-electron chi connectivity index (χ1n) is 8.10. The number of aromatic nitrogens is 2. The van der Waals surface area contributed by atoms with Crippen LogP contribution < -0.4 is 10.5 Å². The van der Waals surface area contributed by atoms with E-state index in [1.807, 2.05) is 71.3 Å². The van der Waals surface area contributed by atoms with Gasteiger partial charge in [-0.2, -0.15) is 0 Å². The fourth-order valence-corrected chi connectivity index (χ4v) is 2.56. The zero-order valence-corrected chi connectivity index (χ0v) is 14.0. The number of hydrogen-bond donors (Lipinski definition) is 1. The average molecular weight is 336 g/mol. The summed E-state index contributed by atoms with van der Waals surface area (Å²) in [5.41, 5.74) is 4.83. The zero-order valence-electron chi connectivity index (χ0n) is 14.0. The summed E-state index contributed by atoms with van der Waals surface area (Å²) in [7, 11) is 0. The highest BCUT2D eigenvalue weighted by atomic mass is 16.6. The van der Waals surface area contributed by atoms with Gasteiger partial charge in [-0.1, -0.05) is 42.5 Å². The number of carbonyl (C=O) groups excluding carboxylic acids is 1. The summed E-state index contributed by atoms with van der Waals surface area (Å²) in [5, 5.41) is 1.96. The number of amides is 1. The van der Waals surface area contributed by atoms with Crippen molar-refractivity contribution in [1.29, 1.82) is 0 Å². The second kappa shape index (κ2) is 8.12. The second-order valence-corrected chi connectivity index (χ2v) is 5.38. The van der Waals surface area contributed by atoms with Crippen molar-refractivity contribution >= 4 is 11.6 Å². The minimum absolute atomic E-state index is 0.287. The molecule has 128 valence electrons. The SMILES string of the molecule is CCN(c1ccccc1C(=O)NOCc1ccccc1)n1ccnc1. The fourth-order valence-electron chi connectivity index (χ4n) is 2.56. The van der Waals surface area contributed by atoms with E-state index in [-0.39, 0.29) is 5.91 Å². The second-order valence-electron chi connectivity index (χ2n) is 5.38. The lowest BCUT2D eigenvalue weighted by Crippen LogP contribution is -2.32. The van der Waals surface area contributed by atoms with E-state index < -0.39 is 0 Å². The van der Waals surface area contributed by atoms with E-state index in [2.05, 4.69) is 10.5 Å². The molecule has 0 unspecified atom stereocenters. The zero-order chi connectivity index (χ0) is 17.5. The first-order valence-corrected chi connectivity index (χ1v) is 8.10. The molecule has 1 heterocycles. The highest BCUT2D eigenvalue weighted by molar-refractivity contribution is 5.99. The Morgan fingerprint density at radius 3 is 2.64 bits per heavy atom. The van der Waals surface area contributed by atoms with Crippen LogP contribution >= 0.6 is 0 Å². The van der Waals surface area contributed by atoms with Gasteiger partial charge in [-0.25, -0.2) is 15.1 Å². The number of imidazole rings is 1. The summed E-state index contributed by atoms with van der Waals surface area (Å²) in [4.78, 5) is 22.0. The lowest BCUT2D eigenvalue weighted by molar-refractivity contribution is 0.0234. The summed E-state index contributed by atoms with van der Waals surface area (Å²) < 4.78 is 1.84. The predicted molar refractivity (Wildman–Crippen MR) is 95.8 cm³/mol. The number of rotatable bonds is 7. The molecule has 1 amide bonds. The van der Waals surface area contributed by atoms with Gasteiger partial charge >= 0.3 is 0 Å². The maximum atomic E-state index is 12.6. The molecule has 6 nitrogen and oxygen atoms in total. The molecule has 0 atom stereocenters. The van der Waals surface area contributed by atoms with Gasteiger partial charge < -0.3 is 0 Å². The Hall–Kier alpha value is -3.12. The van der Waals surface area contributed by atoms with E-state index in [9.17, 15) is 4.79 Å². The monoisotopic (exact) mass is 336 g/mol. The third kappa shape index (κ3) is 4.05. The molecule has 3 rings (SSSR count). The van der Waals surface area contributed by atoms with Crippen molar-refractivity contribution in [3.05, 3.63) is 84.4 Å². The average Bonchev–Trinajstić information content (AvgIpc) is 3.18. The molecule has 0 aliphatic rings. The van der Waals surface area contributed by atoms with Crippen LogP contribution in [-0.2, 0) is 11.4 Å². The van der Waals surface area contributed by atoms with Crippen LogP contribution in [0.1, 0.15) is 22.8 Å². The van der Waals surface area contributed by atoms with E-state index in [0.717, 1.165) is 11.3 Å². The number of nitrogens with zero attached hydrogens (tertiary/aromatic N) is 3. The van der Waals surface area contributed by atoms with E-state index in [1.54, 1.807) is 18.6 Å². The topological polar surface area (TPSA) is 59.4 Å². The molecule has 0 saturated heterocycles. The number of anilines is 1. The van der Waals surface area contributed by atoms with Gasteiger partial charge in [0, 0.05) is 18.9 Å². The summed E-state index contributed by atoms with van der Waals surface area (Å²) in [5.74, 6) is -0.287. The smallest absolute Gasteiger partial charge is 0.277 e. The Balaban J connectivity index is 1.72. The van der Waals surface area contributed by atoms with Crippen LogP contribution in [0.2, 0.25) is 0 Å². The van der Waals surface area contributed by atoms with Crippen molar-refractivity contribution in [2.45, 2.75) is 13.5 Å². The molecule has 1 N–H and O–H groups in total. The van der Waals surface area contributed by atoms with Crippen molar-refractivity contribution in [1.82, 2.24) is 15.1 Å². The molecule has 0 fully saturated rings. The Kier molecular flexibility index (Phi) is 5.43. The normalized spacial score (nSPS) is 10.4. The molecule has 3 aromatic rings. The largest absolute Gasteiger partial charge is 0.280 e. The van der Waals surface area contributed by atoms with Gasteiger partial charge in [0.1, 0.15) is 6.33 Å². The van der Waals surface area contributed by atoms with Crippen LogP contribution in [0, 0.1) is 0 Å². The highest BCUT2D eigenvalue weighted by Crippen LogP contribution is 2.21. The van der Waals surface area contributed by atoms with E-state index in [4.69, 9.17) is 4.84 Å². The fraction of sp³-hybridized carbons (Fsp3) is 0.158. The summed E-state index contributed by atoms with van der Waals surface area (Å²) in [6.07, 6.45) is 5.24. The minimum Gasteiger partial charge on any atom is -0.280 e. The molecule has 0 spiro atoms. The van der Waals surface area contributed by atoms with E-state index >= 15 is 0 Å². The minimum atomic E-state index is -0.287. The summed E-state index contributed by atoms with van der Waals surface area (Å²) in [6.45, 7) is 3.01. The number of hydroxylamine groups is 1. The van der Waals surface area contributed by atoms with Gasteiger partial charge in [0.15, 0.2) is 0 Å². The summed E-state index contributed by atoms with van der Waals surface area (Å²) >= 11 is 0. The number of carbonyl (C=O) groups is 1. The quantitative estimate of drug-likeness (QED) is 0.674. The molecule has 0 radical (unpaired) electrons. The third-order valence-electron chi connectivity index (χ3n) is 3.74. The Bertz CT molecular complexity index is 803. The van der Waals surface area contributed by atoms with Crippen LogP contribution in [0.3, 0.4) is 0 Å². The first-order chi connectivity index (χ1) is 12.3. The lowest BCUT2D eigenvalue weighted by atomic mass is 10.1. The molecule has 0 bridgehead atoms. The Labute approximate surface area is 146 Å². The molecule has 0 saturated carbocycles. The van der Waals surface area contributed by atoms with E-state index in [0.29, 0.717) is 18.7 Å². The Morgan fingerprint density at radius 2 is 1.92 bits per heavy atom. The molecule has 0 aliphatic carbocycles. The molecule has 6 heteroatoms. The van der Waals surface area contributed by atoms with Gasteiger partial charge in [0.25, 0.3) is 5.91 Å². The van der Waals surface area contributed by atoms with Crippen molar-refractivity contribution in [3.63, 3.8) is 0 Å². The maximum Gasteiger partial charge on any atom is 0.277 e. The number of hydrogen-bond acceptors (Lipinski definition) is 4. The predicted octanol–water partition coefficient (Wildman–Crippen LogP) is 3.03.